The molecule has 128 valence electrons. The largest absolute Gasteiger partial charge is 0.357 e. The molecule has 0 radical (unpaired) electrons. The van der Waals surface area contributed by atoms with Crippen LogP contribution in [0.5, 0.6) is 0 Å². The summed E-state index contributed by atoms with van der Waals surface area (Å²) in [6.07, 6.45) is 0. The van der Waals surface area contributed by atoms with E-state index in [0.717, 1.165) is 30.2 Å². The van der Waals surface area contributed by atoms with Crippen molar-refractivity contribution in [2.45, 2.75) is 40.5 Å². The third kappa shape index (κ3) is 4.10. The zero-order chi connectivity index (χ0) is 17.7. The molecule has 1 amide bonds. The van der Waals surface area contributed by atoms with Crippen molar-refractivity contribution in [3.05, 3.63) is 47.4 Å². The Morgan fingerprint density at radius 2 is 1.83 bits per heavy atom. The summed E-state index contributed by atoms with van der Waals surface area (Å²) in [7, 11) is 0. The summed E-state index contributed by atoms with van der Waals surface area (Å²) >= 11 is 0. The monoisotopic (exact) mass is 326 g/mol. The third-order valence-corrected chi connectivity index (χ3v) is 3.98. The lowest BCUT2D eigenvalue weighted by Crippen LogP contribution is -2.25. The Morgan fingerprint density at radius 1 is 1.17 bits per heavy atom. The van der Waals surface area contributed by atoms with Crippen LogP contribution in [0.2, 0.25) is 0 Å². The molecule has 0 spiro atoms. The first-order valence-corrected chi connectivity index (χ1v) is 8.47. The summed E-state index contributed by atoms with van der Waals surface area (Å²) < 4.78 is 0. The first-order chi connectivity index (χ1) is 11.5. The number of aryl methyl sites for hydroxylation is 1. The van der Waals surface area contributed by atoms with Gasteiger partial charge in [0.15, 0.2) is 0 Å². The molecule has 1 heterocycles. The standard InChI is InChI=1S/C19H26N4O/c1-6-23(7-2)18-12-17(20-14(5)21-18)19(24)22-16-11-9-8-10-15(16)13(3)4/h8-13H,6-7H2,1-5H3,(H,22,24). The molecule has 2 aromatic rings. The van der Waals surface area contributed by atoms with Crippen LogP contribution in [0.4, 0.5) is 11.5 Å². The van der Waals surface area contributed by atoms with Crippen molar-refractivity contribution in [1.82, 2.24) is 9.97 Å². The SMILES string of the molecule is CCN(CC)c1cc(C(=O)Nc2ccccc2C(C)C)nc(C)n1. The molecule has 5 heteroatoms. The van der Waals surface area contributed by atoms with Crippen molar-refractivity contribution in [3.63, 3.8) is 0 Å². The third-order valence-electron chi connectivity index (χ3n) is 3.98. The number of nitrogens with zero attached hydrogens (tertiary/aromatic N) is 3. The number of hydrogen-bond acceptors (Lipinski definition) is 4. The summed E-state index contributed by atoms with van der Waals surface area (Å²) in [6.45, 7) is 11.8. The van der Waals surface area contributed by atoms with E-state index in [1.54, 1.807) is 6.07 Å². The number of aromatic nitrogens is 2. The van der Waals surface area contributed by atoms with Crippen molar-refractivity contribution < 1.29 is 4.79 Å². The number of para-hydroxylation sites is 1. The Bertz CT molecular complexity index is 708. The van der Waals surface area contributed by atoms with Crippen molar-refractivity contribution in [1.29, 1.82) is 0 Å². The minimum Gasteiger partial charge on any atom is -0.357 e. The van der Waals surface area contributed by atoms with Crippen LogP contribution in [0.15, 0.2) is 30.3 Å². The van der Waals surface area contributed by atoms with Crippen LogP contribution in [0.3, 0.4) is 0 Å². The number of rotatable bonds is 6. The summed E-state index contributed by atoms with van der Waals surface area (Å²) in [5.74, 6) is 1.51. The first kappa shape index (κ1) is 17.9. The molecule has 5 nitrogen and oxygen atoms in total. The molecule has 1 N–H and O–H groups in total. The number of benzene rings is 1. The maximum Gasteiger partial charge on any atom is 0.274 e. The zero-order valence-electron chi connectivity index (χ0n) is 15.1. The zero-order valence-corrected chi connectivity index (χ0v) is 15.1. The van der Waals surface area contributed by atoms with E-state index in [1.165, 1.54) is 0 Å². The minimum absolute atomic E-state index is 0.206. The van der Waals surface area contributed by atoms with Gasteiger partial charge in [-0.3, -0.25) is 4.79 Å². The fraction of sp³-hybridized carbons (Fsp3) is 0.421. The van der Waals surface area contributed by atoms with E-state index in [1.807, 2.05) is 31.2 Å². The van der Waals surface area contributed by atoms with Crippen LogP contribution in [0, 0.1) is 6.92 Å². The van der Waals surface area contributed by atoms with Gasteiger partial charge in [-0.15, -0.1) is 0 Å². The Labute approximate surface area is 144 Å². The average Bonchev–Trinajstić information content (AvgIpc) is 2.55. The Balaban J connectivity index is 2.31. The lowest BCUT2D eigenvalue weighted by molar-refractivity contribution is 0.102. The molecular formula is C19H26N4O. The molecule has 0 saturated carbocycles. The van der Waals surface area contributed by atoms with Gasteiger partial charge in [0.05, 0.1) is 0 Å². The molecule has 0 atom stereocenters. The van der Waals surface area contributed by atoms with Crippen LogP contribution in [0.25, 0.3) is 0 Å². The van der Waals surface area contributed by atoms with E-state index >= 15 is 0 Å². The van der Waals surface area contributed by atoms with Gasteiger partial charge >= 0.3 is 0 Å². The van der Waals surface area contributed by atoms with Crippen LogP contribution in [-0.4, -0.2) is 29.0 Å². The van der Waals surface area contributed by atoms with Gasteiger partial charge in [-0.2, -0.15) is 0 Å². The number of hydrogen-bond donors (Lipinski definition) is 1. The van der Waals surface area contributed by atoms with E-state index in [4.69, 9.17) is 0 Å². The molecule has 0 aliphatic heterocycles. The predicted octanol–water partition coefficient (Wildman–Crippen LogP) is 4.01. The van der Waals surface area contributed by atoms with Gasteiger partial charge < -0.3 is 10.2 Å². The molecule has 1 aromatic carbocycles. The summed E-state index contributed by atoms with van der Waals surface area (Å²) in [4.78, 5) is 23.5. The number of anilines is 2. The van der Waals surface area contributed by atoms with Gasteiger partial charge in [0.1, 0.15) is 17.3 Å². The van der Waals surface area contributed by atoms with Gasteiger partial charge in [0.25, 0.3) is 5.91 Å². The minimum atomic E-state index is -0.206. The number of nitrogens with one attached hydrogen (secondary N) is 1. The fourth-order valence-electron chi connectivity index (χ4n) is 2.68. The highest BCUT2D eigenvalue weighted by atomic mass is 16.1. The van der Waals surface area contributed by atoms with Crippen LogP contribution in [-0.2, 0) is 0 Å². The average molecular weight is 326 g/mol. The molecule has 0 aliphatic rings. The van der Waals surface area contributed by atoms with Crippen molar-refractivity contribution >= 4 is 17.4 Å². The molecule has 24 heavy (non-hydrogen) atoms. The summed E-state index contributed by atoms with van der Waals surface area (Å²) in [5.41, 5.74) is 2.33. The topological polar surface area (TPSA) is 58.1 Å². The molecule has 0 saturated heterocycles. The number of carbonyl (C=O) groups is 1. The van der Waals surface area contributed by atoms with E-state index in [-0.39, 0.29) is 5.91 Å². The predicted molar refractivity (Wildman–Crippen MR) is 98.8 cm³/mol. The quantitative estimate of drug-likeness (QED) is 0.871. The van der Waals surface area contributed by atoms with Crippen LogP contribution < -0.4 is 10.2 Å². The molecular weight excluding hydrogens is 300 g/mol. The lowest BCUT2D eigenvalue weighted by Gasteiger charge is -2.20. The van der Waals surface area contributed by atoms with E-state index in [0.29, 0.717) is 17.4 Å². The van der Waals surface area contributed by atoms with Crippen molar-refractivity contribution in [2.75, 3.05) is 23.3 Å². The fourth-order valence-corrected chi connectivity index (χ4v) is 2.68. The highest BCUT2D eigenvalue weighted by Crippen LogP contribution is 2.24. The van der Waals surface area contributed by atoms with Gasteiger partial charge in [-0.1, -0.05) is 32.0 Å². The van der Waals surface area contributed by atoms with Crippen molar-refractivity contribution in [3.8, 4) is 0 Å². The highest BCUT2D eigenvalue weighted by molar-refractivity contribution is 6.03. The van der Waals surface area contributed by atoms with Crippen LogP contribution in [0.1, 0.15) is 55.5 Å². The Kier molecular flexibility index (Phi) is 5.90. The van der Waals surface area contributed by atoms with Crippen molar-refractivity contribution in [2.24, 2.45) is 0 Å². The van der Waals surface area contributed by atoms with E-state index in [2.05, 4.69) is 47.9 Å². The second-order valence-corrected chi connectivity index (χ2v) is 6.03. The van der Waals surface area contributed by atoms with E-state index < -0.39 is 0 Å². The Morgan fingerprint density at radius 3 is 2.46 bits per heavy atom. The lowest BCUT2D eigenvalue weighted by atomic mass is 10.0. The second kappa shape index (κ2) is 7.90. The molecule has 0 aliphatic carbocycles. The number of amides is 1. The van der Waals surface area contributed by atoms with Gasteiger partial charge in [-0.25, -0.2) is 9.97 Å². The normalized spacial score (nSPS) is 10.8. The molecule has 0 bridgehead atoms. The Hall–Kier alpha value is -2.43. The molecule has 0 unspecified atom stereocenters. The van der Waals surface area contributed by atoms with Crippen LogP contribution >= 0.6 is 0 Å². The van der Waals surface area contributed by atoms with Gasteiger partial charge in [0, 0.05) is 24.8 Å². The maximum atomic E-state index is 12.7. The molecule has 0 fully saturated rings. The molecule has 1 aromatic heterocycles. The van der Waals surface area contributed by atoms with Gasteiger partial charge in [0.2, 0.25) is 0 Å². The second-order valence-electron chi connectivity index (χ2n) is 6.03. The smallest absolute Gasteiger partial charge is 0.274 e. The first-order valence-electron chi connectivity index (χ1n) is 8.47. The summed E-state index contributed by atoms with van der Waals surface area (Å²) in [6, 6.07) is 9.62. The molecule has 2 rings (SSSR count). The highest BCUT2D eigenvalue weighted by Gasteiger charge is 2.15. The van der Waals surface area contributed by atoms with Gasteiger partial charge in [-0.05, 0) is 38.3 Å². The summed E-state index contributed by atoms with van der Waals surface area (Å²) in [5, 5.41) is 2.99. The van der Waals surface area contributed by atoms with E-state index in [9.17, 15) is 4.79 Å². The number of carbonyl (C=O) groups excluding carboxylic acids is 1. The maximum absolute atomic E-state index is 12.7.